The SMILES string of the molecule is CCS(=O)(=O)c1ccc(Sc2ccc(C(=O)O)o2)cc1. The van der Waals surface area contributed by atoms with Gasteiger partial charge in [0.25, 0.3) is 0 Å². The van der Waals surface area contributed by atoms with Crippen molar-refractivity contribution in [3.63, 3.8) is 0 Å². The van der Waals surface area contributed by atoms with E-state index in [-0.39, 0.29) is 16.4 Å². The molecule has 0 radical (unpaired) electrons. The number of hydrogen-bond acceptors (Lipinski definition) is 5. The van der Waals surface area contributed by atoms with Gasteiger partial charge in [-0.15, -0.1) is 0 Å². The molecule has 0 amide bonds. The molecule has 2 rings (SSSR count). The smallest absolute Gasteiger partial charge is 0.371 e. The highest BCUT2D eigenvalue weighted by molar-refractivity contribution is 7.99. The molecular formula is C13H12O5S2. The average molecular weight is 312 g/mol. The minimum atomic E-state index is -3.21. The summed E-state index contributed by atoms with van der Waals surface area (Å²) in [5.74, 6) is -1.20. The third kappa shape index (κ3) is 3.23. The Morgan fingerprint density at radius 3 is 2.35 bits per heavy atom. The Hall–Kier alpha value is -1.73. The van der Waals surface area contributed by atoms with Gasteiger partial charge in [0.1, 0.15) is 0 Å². The minimum absolute atomic E-state index is 0.0552. The van der Waals surface area contributed by atoms with Crippen LogP contribution < -0.4 is 0 Å². The van der Waals surface area contributed by atoms with Gasteiger partial charge >= 0.3 is 5.97 Å². The van der Waals surface area contributed by atoms with Crippen molar-refractivity contribution in [2.75, 3.05) is 5.75 Å². The van der Waals surface area contributed by atoms with E-state index in [1.54, 1.807) is 25.1 Å². The van der Waals surface area contributed by atoms with E-state index < -0.39 is 15.8 Å². The quantitative estimate of drug-likeness (QED) is 0.913. The van der Waals surface area contributed by atoms with Crippen LogP contribution in [-0.2, 0) is 9.84 Å². The predicted molar refractivity (Wildman–Crippen MR) is 74.0 cm³/mol. The van der Waals surface area contributed by atoms with E-state index in [2.05, 4.69) is 0 Å². The van der Waals surface area contributed by atoms with Crippen molar-refractivity contribution in [3.8, 4) is 0 Å². The molecule has 0 bridgehead atoms. The van der Waals surface area contributed by atoms with Crippen molar-refractivity contribution < 1.29 is 22.7 Å². The van der Waals surface area contributed by atoms with Gasteiger partial charge in [-0.2, -0.15) is 0 Å². The van der Waals surface area contributed by atoms with Gasteiger partial charge in [0.2, 0.25) is 5.76 Å². The van der Waals surface area contributed by atoms with Gasteiger partial charge in [0.05, 0.1) is 10.6 Å². The third-order valence-corrected chi connectivity index (χ3v) is 5.25. The Morgan fingerprint density at radius 2 is 1.85 bits per heavy atom. The van der Waals surface area contributed by atoms with Crippen molar-refractivity contribution in [2.45, 2.75) is 21.8 Å². The Labute approximate surface area is 120 Å². The number of aromatic carboxylic acids is 1. The second kappa shape index (κ2) is 5.72. The Kier molecular flexibility index (Phi) is 4.20. The van der Waals surface area contributed by atoms with E-state index in [4.69, 9.17) is 9.52 Å². The van der Waals surface area contributed by atoms with Crippen LogP contribution in [0.2, 0.25) is 0 Å². The van der Waals surface area contributed by atoms with E-state index in [1.807, 2.05) is 0 Å². The summed E-state index contributed by atoms with van der Waals surface area (Å²) in [6, 6.07) is 9.32. The molecule has 0 saturated heterocycles. The first kappa shape index (κ1) is 14.7. The van der Waals surface area contributed by atoms with Crippen LogP contribution in [0.3, 0.4) is 0 Å². The Bertz CT molecular complexity index is 713. The highest BCUT2D eigenvalue weighted by Gasteiger charge is 2.12. The fourth-order valence-corrected chi connectivity index (χ4v) is 3.14. The van der Waals surface area contributed by atoms with Crippen molar-refractivity contribution >= 4 is 27.6 Å². The van der Waals surface area contributed by atoms with Gasteiger partial charge in [-0.3, -0.25) is 0 Å². The topological polar surface area (TPSA) is 84.6 Å². The van der Waals surface area contributed by atoms with Crippen LogP contribution in [0.15, 0.2) is 55.7 Å². The van der Waals surface area contributed by atoms with Gasteiger partial charge in [-0.1, -0.05) is 18.7 Å². The molecule has 0 fully saturated rings. The van der Waals surface area contributed by atoms with Crippen LogP contribution in [0.1, 0.15) is 17.5 Å². The minimum Gasteiger partial charge on any atom is -0.475 e. The average Bonchev–Trinajstić information content (AvgIpc) is 2.88. The monoisotopic (exact) mass is 312 g/mol. The van der Waals surface area contributed by atoms with Gasteiger partial charge < -0.3 is 9.52 Å². The zero-order valence-electron chi connectivity index (χ0n) is 10.6. The molecule has 20 heavy (non-hydrogen) atoms. The number of hydrogen-bond donors (Lipinski definition) is 1. The summed E-state index contributed by atoms with van der Waals surface area (Å²) in [7, 11) is -3.21. The summed E-state index contributed by atoms with van der Waals surface area (Å²) in [5, 5.41) is 9.19. The first-order valence-corrected chi connectivity index (χ1v) is 8.23. The number of carboxylic acids is 1. The summed E-state index contributed by atoms with van der Waals surface area (Å²) < 4.78 is 28.4. The molecule has 0 saturated carbocycles. The van der Waals surface area contributed by atoms with Crippen LogP contribution in [-0.4, -0.2) is 25.2 Å². The summed E-state index contributed by atoms with van der Waals surface area (Å²) in [5.41, 5.74) is 0. The molecular weight excluding hydrogens is 300 g/mol. The lowest BCUT2D eigenvalue weighted by Crippen LogP contribution is -2.02. The first-order valence-electron chi connectivity index (χ1n) is 5.76. The second-order valence-corrected chi connectivity index (χ2v) is 7.26. The van der Waals surface area contributed by atoms with Crippen molar-refractivity contribution in [1.29, 1.82) is 0 Å². The van der Waals surface area contributed by atoms with Crippen molar-refractivity contribution in [1.82, 2.24) is 0 Å². The highest BCUT2D eigenvalue weighted by atomic mass is 32.2. The van der Waals surface area contributed by atoms with Crippen molar-refractivity contribution in [2.24, 2.45) is 0 Å². The maximum absolute atomic E-state index is 11.7. The molecule has 1 N–H and O–H groups in total. The molecule has 5 nitrogen and oxygen atoms in total. The van der Waals surface area contributed by atoms with Crippen LogP contribution in [0.4, 0.5) is 0 Å². The van der Waals surface area contributed by atoms with Crippen LogP contribution in [0, 0.1) is 0 Å². The normalized spacial score (nSPS) is 11.4. The largest absolute Gasteiger partial charge is 0.475 e. The number of furan rings is 1. The zero-order valence-corrected chi connectivity index (χ0v) is 12.2. The molecule has 1 aromatic heterocycles. The van der Waals surface area contributed by atoms with Gasteiger partial charge in [0, 0.05) is 4.90 Å². The standard InChI is InChI=1S/C13H12O5S2/c1-2-20(16,17)10-5-3-9(4-6-10)19-12-8-7-11(18-12)13(14)15/h3-8H,2H2,1H3,(H,14,15). The third-order valence-electron chi connectivity index (χ3n) is 2.57. The predicted octanol–water partition coefficient (Wildman–Crippen LogP) is 2.92. The lowest BCUT2D eigenvalue weighted by molar-refractivity contribution is 0.0656. The number of rotatable bonds is 5. The number of sulfone groups is 1. The Morgan fingerprint density at radius 1 is 1.20 bits per heavy atom. The number of benzene rings is 1. The molecule has 2 aromatic rings. The maximum atomic E-state index is 11.7. The maximum Gasteiger partial charge on any atom is 0.371 e. The molecule has 0 aliphatic rings. The number of carbonyl (C=O) groups is 1. The van der Waals surface area contributed by atoms with Crippen molar-refractivity contribution in [3.05, 3.63) is 42.2 Å². The summed E-state index contributed by atoms with van der Waals surface area (Å²) in [6.07, 6.45) is 0. The summed E-state index contributed by atoms with van der Waals surface area (Å²) >= 11 is 1.23. The summed E-state index contributed by atoms with van der Waals surface area (Å²) in [6.45, 7) is 1.59. The van der Waals surface area contributed by atoms with Crippen LogP contribution >= 0.6 is 11.8 Å². The van der Waals surface area contributed by atoms with Gasteiger partial charge in [-0.05, 0) is 36.4 Å². The molecule has 0 atom stereocenters. The van der Waals surface area contributed by atoms with E-state index in [9.17, 15) is 13.2 Å². The lowest BCUT2D eigenvalue weighted by atomic mass is 10.4. The number of carboxylic acid groups (broad SMARTS) is 1. The second-order valence-electron chi connectivity index (χ2n) is 3.90. The fourth-order valence-electron chi connectivity index (χ4n) is 1.49. The first-order chi connectivity index (χ1) is 9.42. The molecule has 0 spiro atoms. The van der Waals surface area contributed by atoms with E-state index in [0.717, 1.165) is 4.90 Å². The van der Waals surface area contributed by atoms with Gasteiger partial charge in [-0.25, -0.2) is 13.2 Å². The van der Waals surface area contributed by atoms with E-state index in [0.29, 0.717) is 5.09 Å². The molecule has 0 unspecified atom stereocenters. The lowest BCUT2D eigenvalue weighted by Gasteiger charge is -2.02. The van der Waals surface area contributed by atoms with Gasteiger partial charge in [0.15, 0.2) is 14.9 Å². The molecule has 106 valence electrons. The fraction of sp³-hybridized carbons (Fsp3) is 0.154. The van der Waals surface area contributed by atoms with Crippen LogP contribution in [0.5, 0.6) is 0 Å². The Balaban J connectivity index is 2.16. The zero-order chi connectivity index (χ0) is 14.8. The molecule has 1 aromatic carbocycles. The van der Waals surface area contributed by atoms with E-state index >= 15 is 0 Å². The molecule has 7 heteroatoms. The summed E-state index contributed by atoms with van der Waals surface area (Å²) in [4.78, 5) is 11.7. The highest BCUT2D eigenvalue weighted by Crippen LogP contribution is 2.30. The molecule has 0 aliphatic heterocycles. The molecule has 1 heterocycles. The van der Waals surface area contributed by atoms with E-state index in [1.165, 1.54) is 30.0 Å². The van der Waals surface area contributed by atoms with Crippen LogP contribution in [0.25, 0.3) is 0 Å². The molecule has 0 aliphatic carbocycles.